The van der Waals surface area contributed by atoms with Crippen molar-refractivity contribution in [3.63, 3.8) is 0 Å². The van der Waals surface area contributed by atoms with Crippen molar-refractivity contribution in [3.05, 3.63) is 41.3 Å². The maximum Gasteiger partial charge on any atom is 0.0883 e. The SMILES string of the molecule is C1=CN=c2cccnc2=CC1. The van der Waals surface area contributed by atoms with Crippen molar-refractivity contribution in [1.29, 1.82) is 0 Å². The molecule has 0 saturated carbocycles. The molecule has 0 aromatic carbocycles. The van der Waals surface area contributed by atoms with E-state index in [2.05, 4.69) is 16.1 Å². The molecule has 54 valence electrons. The first kappa shape index (κ1) is 6.28. The summed E-state index contributed by atoms with van der Waals surface area (Å²) in [5, 5.41) is 1.94. The van der Waals surface area contributed by atoms with Crippen LogP contribution >= 0.6 is 0 Å². The van der Waals surface area contributed by atoms with Crippen LogP contribution < -0.4 is 10.7 Å². The van der Waals surface area contributed by atoms with E-state index in [1.54, 1.807) is 6.20 Å². The molecule has 2 rings (SSSR count). The summed E-state index contributed by atoms with van der Waals surface area (Å²) in [6, 6.07) is 3.86. The van der Waals surface area contributed by atoms with E-state index in [-0.39, 0.29) is 0 Å². The molecule has 0 radical (unpaired) electrons. The van der Waals surface area contributed by atoms with Gasteiger partial charge in [0.25, 0.3) is 0 Å². The van der Waals surface area contributed by atoms with Gasteiger partial charge in [-0.15, -0.1) is 0 Å². The lowest BCUT2D eigenvalue weighted by Crippen LogP contribution is -2.26. The fourth-order valence-electron chi connectivity index (χ4n) is 1.05. The smallest absolute Gasteiger partial charge is 0.0883 e. The number of rotatable bonds is 0. The van der Waals surface area contributed by atoms with Gasteiger partial charge in [0.1, 0.15) is 0 Å². The van der Waals surface area contributed by atoms with Crippen molar-refractivity contribution in [3.8, 4) is 0 Å². The van der Waals surface area contributed by atoms with Gasteiger partial charge in [-0.1, -0.05) is 12.2 Å². The van der Waals surface area contributed by atoms with Crippen LogP contribution in [-0.2, 0) is 0 Å². The number of hydrogen-bond donors (Lipinski definition) is 0. The molecule has 0 saturated heterocycles. The van der Waals surface area contributed by atoms with Gasteiger partial charge in [-0.2, -0.15) is 0 Å². The summed E-state index contributed by atoms with van der Waals surface area (Å²) in [5.41, 5.74) is 0. The third-order valence-corrected chi connectivity index (χ3v) is 1.58. The van der Waals surface area contributed by atoms with E-state index in [1.807, 2.05) is 24.4 Å². The van der Waals surface area contributed by atoms with E-state index < -0.39 is 0 Å². The van der Waals surface area contributed by atoms with Crippen molar-refractivity contribution >= 4 is 6.08 Å². The highest BCUT2D eigenvalue weighted by Gasteiger charge is 1.87. The largest absolute Gasteiger partial charge is 0.255 e. The molecular weight excluding hydrogens is 136 g/mol. The zero-order valence-corrected chi connectivity index (χ0v) is 6.07. The maximum atomic E-state index is 4.21. The molecule has 1 aromatic rings. The van der Waals surface area contributed by atoms with Crippen LogP contribution in [0.1, 0.15) is 6.42 Å². The molecule has 0 spiro atoms. The van der Waals surface area contributed by atoms with Gasteiger partial charge < -0.3 is 0 Å². The summed E-state index contributed by atoms with van der Waals surface area (Å²) in [6.45, 7) is 0. The van der Waals surface area contributed by atoms with E-state index >= 15 is 0 Å². The Labute approximate surface area is 64.6 Å². The average molecular weight is 144 g/mol. The lowest BCUT2D eigenvalue weighted by atomic mass is 10.3. The number of nitrogens with zero attached hydrogens (tertiary/aromatic N) is 2. The van der Waals surface area contributed by atoms with Crippen LogP contribution in [0.25, 0.3) is 6.08 Å². The van der Waals surface area contributed by atoms with E-state index in [1.165, 1.54) is 0 Å². The number of aromatic nitrogens is 1. The Morgan fingerprint density at radius 3 is 3.36 bits per heavy atom. The second-order valence-electron chi connectivity index (χ2n) is 2.36. The molecule has 0 fully saturated rings. The molecule has 2 heteroatoms. The van der Waals surface area contributed by atoms with Gasteiger partial charge in [-0.05, 0) is 18.6 Å². The lowest BCUT2D eigenvalue weighted by Gasteiger charge is -1.83. The Kier molecular flexibility index (Phi) is 1.52. The quantitative estimate of drug-likeness (QED) is 0.517. The highest BCUT2D eigenvalue weighted by molar-refractivity contribution is 5.23. The van der Waals surface area contributed by atoms with Crippen LogP contribution in [0, 0.1) is 0 Å². The Hall–Kier alpha value is -1.44. The highest BCUT2D eigenvalue weighted by atomic mass is 14.7. The first-order chi connectivity index (χ1) is 5.47. The third-order valence-electron chi connectivity index (χ3n) is 1.58. The van der Waals surface area contributed by atoms with E-state index in [9.17, 15) is 0 Å². The van der Waals surface area contributed by atoms with Crippen LogP contribution in [0.5, 0.6) is 0 Å². The van der Waals surface area contributed by atoms with Crippen LogP contribution in [0.4, 0.5) is 0 Å². The number of hydrogen-bond acceptors (Lipinski definition) is 2. The third kappa shape index (κ3) is 1.19. The van der Waals surface area contributed by atoms with Gasteiger partial charge >= 0.3 is 0 Å². The fraction of sp³-hybridized carbons (Fsp3) is 0.111. The Bertz CT molecular complexity index is 390. The summed E-state index contributed by atoms with van der Waals surface area (Å²) < 4.78 is 0. The highest BCUT2D eigenvalue weighted by Crippen LogP contribution is 1.86. The molecule has 0 bridgehead atoms. The first-order valence-corrected chi connectivity index (χ1v) is 3.61. The minimum absolute atomic E-state index is 0.924. The van der Waals surface area contributed by atoms with Crippen LogP contribution in [-0.4, -0.2) is 4.98 Å². The van der Waals surface area contributed by atoms with E-state index in [0.29, 0.717) is 0 Å². The van der Waals surface area contributed by atoms with Gasteiger partial charge in [0.15, 0.2) is 0 Å². The Morgan fingerprint density at radius 1 is 1.36 bits per heavy atom. The Morgan fingerprint density at radius 2 is 2.36 bits per heavy atom. The number of fused-ring (bicyclic) bond motifs is 1. The summed E-state index contributed by atoms with van der Waals surface area (Å²) >= 11 is 0. The topological polar surface area (TPSA) is 25.2 Å². The zero-order valence-electron chi connectivity index (χ0n) is 6.07. The molecule has 0 aliphatic carbocycles. The molecule has 1 aliphatic heterocycles. The molecule has 2 heterocycles. The molecule has 0 amide bonds. The molecule has 0 atom stereocenters. The predicted molar refractivity (Wildman–Crippen MR) is 43.2 cm³/mol. The zero-order chi connectivity index (χ0) is 7.52. The summed E-state index contributed by atoms with van der Waals surface area (Å²) in [4.78, 5) is 8.40. The second kappa shape index (κ2) is 2.66. The van der Waals surface area contributed by atoms with Crippen LogP contribution in [0.15, 0.2) is 35.6 Å². The number of pyridine rings is 1. The van der Waals surface area contributed by atoms with Gasteiger partial charge in [0.05, 0.1) is 10.7 Å². The molecule has 2 nitrogen and oxygen atoms in total. The van der Waals surface area contributed by atoms with Crippen molar-refractivity contribution in [2.45, 2.75) is 6.42 Å². The molecule has 1 aromatic heterocycles. The normalized spacial score (nSPS) is 14.2. The van der Waals surface area contributed by atoms with Crippen molar-refractivity contribution in [2.75, 3.05) is 0 Å². The second-order valence-corrected chi connectivity index (χ2v) is 2.36. The van der Waals surface area contributed by atoms with Gasteiger partial charge in [0, 0.05) is 12.4 Å². The molecule has 1 aliphatic rings. The maximum absolute atomic E-state index is 4.21. The average Bonchev–Trinajstić information content (AvgIpc) is 2.28. The molecule has 11 heavy (non-hydrogen) atoms. The standard InChI is InChI=1S/C9H8N2/c1-2-6-10-9-5-3-7-11-8(9)4-1/h2-7H,1H2. The van der Waals surface area contributed by atoms with Gasteiger partial charge in [0.2, 0.25) is 0 Å². The molecule has 0 N–H and O–H groups in total. The lowest BCUT2D eigenvalue weighted by molar-refractivity contribution is 1.16. The van der Waals surface area contributed by atoms with Crippen molar-refractivity contribution in [1.82, 2.24) is 4.98 Å². The minimum atomic E-state index is 0.924. The van der Waals surface area contributed by atoms with E-state index in [4.69, 9.17) is 0 Å². The molecule has 0 unspecified atom stereocenters. The van der Waals surface area contributed by atoms with Crippen molar-refractivity contribution < 1.29 is 0 Å². The summed E-state index contributed by atoms with van der Waals surface area (Å²) in [6.07, 6.45) is 8.62. The van der Waals surface area contributed by atoms with E-state index in [0.717, 1.165) is 17.1 Å². The minimum Gasteiger partial charge on any atom is -0.255 e. The monoisotopic (exact) mass is 144 g/mol. The fourth-order valence-corrected chi connectivity index (χ4v) is 1.05. The number of allylic oxidation sites excluding steroid dienone is 1. The van der Waals surface area contributed by atoms with Gasteiger partial charge in [-0.3, -0.25) is 9.98 Å². The molecular formula is C9H8N2. The van der Waals surface area contributed by atoms with Crippen LogP contribution in [0.2, 0.25) is 0 Å². The van der Waals surface area contributed by atoms with Crippen LogP contribution in [0.3, 0.4) is 0 Å². The Balaban J connectivity index is 2.81. The first-order valence-electron chi connectivity index (χ1n) is 3.61. The summed E-state index contributed by atoms with van der Waals surface area (Å²) in [5.74, 6) is 0. The predicted octanol–water partition coefficient (Wildman–Crippen LogP) is 0.399. The van der Waals surface area contributed by atoms with Crippen molar-refractivity contribution in [2.24, 2.45) is 4.99 Å². The van der Waals surface area contributed by atoms with Gasteiger partial charge in [-0.25, -0.2) is 0 Å². The summed E-state index contributed by atoms with van der Waals surface area (Å²) in [7, 11) is 0.